The quantitative estimate of drug-likeness (QED) is 0.872. The molecule has 2 aromatic rings. The van der Waals surface area contributed by atoms with Crippen LogP contribution in [0, 0.1) is 18.3 Å². The summed E-state index contributed by atoms with van der Waals surface area (Å²) in [6.07, 6.45) is 1.22. The summed E-state index contributed by atoms with van der Waals surface area (Å²) in [5.74, 6) is 0.515. The minimum atomic E-state index is -0.655. The zero-order chi connectivity index (χ0) is 19.3. The molecule has 0 spiro atoms. The Morgan fingerprint density at radius 2 is 1.93 bits per heavy atom. The third-order valence-corrected chi connectivity index (χ3v) is 5.06. The summed E-state index contributed by atoms with van der Waals surface area (Å²) in [7, 11) is 0. The van der Waals surface area contributed by atoms with Gasteiger partial charge >= 0.3 is 0 Å². The molecule has 1 N–H and O–H groups in total. The maximum atomic E-state index is 13.3. The van der Waals surface area contributed by atoms with Gasteiger partial charge in [0.2, 0.25) is 5.91 Å². The highest BCUT2D eigenvalue weighted by Crippen LogP contribution is 2.37. The second-order valence-electron chi connectivity index (χ2n) is 6.77. The Morgan fingerprint density at radius 1 is 1.22 bits per heavy atom. The average molecular weight is 364 g/mol. The van der Waals surface area contributed by atoms with Crippen molar-refractivity contribution < 1.29 is 14.3 Å². The summed E-state index contributed by atoms with van der Waals surface area (Å²) < 4.78 is 11.0. The van der Waals surface area contributed by atoms with Crippen LogP contribution in [0.4, 0.5) is 5.69 Å². The monoisotopic (exact) mass is 364 g/mol. The minimum absolute atomic E-state index is 0.102. The number of amides is 1. The van der Waals surface area contributed by atoms with Gasteiger partial charge in [0.15, 0.2) is 0 Å². The molecule has 1 heterocycles. The lowest BCUT2D eigenvalue weighted by Gasteiger charge is -2.36. The van der Waals surface area contributed by atoms with Gasteiger partial charge in [-0.05, 0) is 50.5 Å². The summed E-state index contributed by atoms with van der Waals surface area (Å²) in [5.41, 5.74) is 2.37. The molecule has 1 aliphatic heterocycles. The SMILES string of the molecule is CCOc1ccc(NC(=O)C2(c3ccc(C)cc3)CCOCC2)c(C#N)c1. The van der Waals surface area contributed by atoms with E-state index in [1.54, 1.807) is 18.2 Å². The van der Waals surface area contributed by atoms with Crippen molar-refractivity contribution in [1.29, 1.82) is 5.26 Å². The van der Waals surface area contributed by atoms with Crippen molar-refractivity contribution in [3.05, 3.63) is 59.2 Å². The zero-order valence-corrected chi connectivity index (χ0v) is 15.7. The van der Waals surface area contributed by atoms with Crippen LogP contribution in [0.2, 0.25) is 0 Å². The zero-order valence-electron chi connectivity index (χ0n) is 15.7. The van der Waals surface area contributed by atoms with Crippen LogP contribution >= 0.6 is 0 Å². The largest absolute Gasteiger partial charge is 0.494 e. The van der Waals surface area contributed by atoms with E-state index in [1.165, 1.54) is 0 Å². The number of nitrogens with zero attached hydrogens (tertiary/aromatic N) is 1. The molecule has 1 fully saturated rings. The number of hydrogen-bond acceptors (Lipinski definition) is 4. The van der Waals surface area contributed by atoms with E-state index in [2.05, 4.69) is 11.4 Å². The van der Waals surface area contributed by atoms with Gasteiger partial charge in [0.1, 0.15) is 11.8 Å². The number of rotatable bonds is 5. The molecule has 27 heavy (non-hydrogen) atoms. The van der Waals surface area contributed by atoms with Gasteiger partial charge in [0.05, 0.1) is 23.3 Å². The van der Waals surface area contributed by atoms with Crippen LogP contribution in [-0.4, -0.2) is 25.7 Å². The normalized spacial score (nSPS) is 15.6. The Morgan fingerprint density at radius 3 is 2.56 bits per heavy atom. The third kappa shape index (κ3) is 3.96. The van der Waals surface area contributed by atoms with E-state index >= 15 is 0 Å². The molecular formula is C22H24N2O3. The van der Waals surface area contributed by atoms with Crippen molar-refractivity contribution in [1.82, 2.24) is 0 Å². The highest BCUT2D eigenvalue weighted by atomic mass is 16.5. The highest BCUT2D eigenvalue weighted by molar-refractivity contribution is 6.00. The van der Waals surface area contributed by atoms with E-state index in [4.69, 9.17) is 9.47 Å². The number of carbonyl (C=O) groups is 1. The first kappa shape index (κ1) is 18.9. The van der Waals surface area contributed by atoms with Gasteiger partial charge in [0, 0.05) is 13.2 Å². The Hall–Kier alpha value is -2.84. The van der Waals surface area contributed by atoms with E-state index in [0.29, 0.717) is 49.7 Å². The van der Waals surface area contributed by atoms with Gasteiger partial charge < -0.3 is 14.8 Å². The topological polar surface area (TPSA) is 71.3 Å². The highest BCUT2D eigenvalue weighted by Gasteiger charge is 2.41. The lowest BCUT2D eigenvalue weighted by Crippen LogP contribution is -2.45. The van der Waals surface area contributed by atoms with E-state index < -0.39 is 5.41 Å². The van der Waals surface area contributed by atoms with Crippen molar-refractivity contribution in [2.45, 2.75) is 32.1 Å². The predicted molar refractivity (Wildman–Crippen MR) is 104 cm³/mol. The summed E-state index contributed by atoms with van der Waals surface area (Å²) in [6, 6.07) is 15.4. The molecular weight excluding hydrogens is 340 g/mol. The maximum absolute atomic E-state index is 13.3. The predicted octanol–water partition coefficient (Wildman–Crippen LogP) is 3.95. The molecule has 3 rings (SSSR count). The minimum Gasteiger partial charge on any atom is -0.494 e. The van der Waals surface area contributed by atoms with Gasteiger partial charge in [0.25, 0.3) is 0 Å². The lowest BCUT2D eigenvalue weighted by atomic mass is 9.73. The van der Waals surface area contributed by atoms with Crippen LogP contribution in [0.1, 0.15) is 36.5 Å². The van der Waals surface area contributed by atoms with Crippen molar-refractivity contribution in [2.24, 2.45) is 0 Å². The molecule has 0 aromatic heterocycles. The number of carbonyl (C=O) groups excluding carboxylic acids is 1. The first-order valence-corrected chi connectivity index (χ1v) is 9.22. The fourth-order valence-corrected chi connectivity index (χ4v) is 3.46. The van der Waals surface area contributed by atoms with Gasteiger partial charge in [-0.1, -0.05) is 29.8 Å². The maximum Gasteiger partial charge on any atom is 0.235 e. The van der Waals surface area contributed by atoms with E-state index in [0.717, 1.165) is 11.1 Å². The number of anilines is 1. The van der Waals surface area contributed by atoms with Gasteiger partial charge in [-0.15, -0.1) is 0 Å². The van der Waals surface area contributed by atoms with Crippen LogP contribution in [0.3, 0.4) is 0 Å². The lowest BCUT2D eigenvalue weighted by molar-refractivity contribution is -0.125. The van der Waals surface area contributed by atoms with Gasteiger partial charge in [-0.2, -0.15) is 5.26 Å². The van der Waals surface area contributed by atoms with Crippen LogP contribution in [0.25, 0.3) is 0 Å². The average Bonchev–Trinajstić information content (AvgIpc) is 2.70. The van der Waals surface area contributed by atoms with Crippen molar-refractivity contribution in [3.8, 4) is 11.8 Å². The Kier molecular flexibility index (Phi) is 5.78. The number of aryl methyl sites for hydroxylation is 1. The van der Waals surface area contributed by atoms with Crippen molar-refractivity contribution >= 4 is 11.6 Å². The van der Waals surface area contributed by atoms with Crippen LogP contribution < -0.4 is 10.1 Å². The third-order valence-electron chi connectivity index (χ3n) is 5.06. The van der Waals surface area contributed by atoms with Crippen molar-refractivity contribution in [2.75, 3.05) is 25.1 Å². The fourth-order valence-electron chi connectivity index (χ4n) is 3.46. The number of nitriles is 1. The molecule has 0 atom stereocenters. The standard InChI is InChI=1S/C22H24N2O3/c1-3-27-19-8-9-20(17(14-19)15-23)24-21(25)22(10-12-26-13-11-22)18-6-4-16(2)5-7-18/h4-9,14H,3,10-13H2,1-2H3,(H,24,25). The molecule has 0 aliphatic carbocycles. The molecule has 1 aliphatic rings. The Labute approximate surface area is 159 Å². The molecule has 1 saturated heterocycles. The summed E-state index contributed by atoms with van der Waals surface area (Å²) in [4.78, 5) is 13.3. The molecule has 0 unspecified atom stereocenters. The number of nitrogens with one attached hydrogen (secondary N) is 1. The van der Waals surface area contributed by atoms with E-state index in [9.17, 15) is 10.1 Å². The number of benzene rings is 2. The van der Waals surface area contributed by atoms with E-state index in [-0.39, 0.29) is 5.91 Å². The fraction of sp³-hybridized carbons (Fsp3) is 0.364. The summed E-state index contributed by atoms with van der Waals surface area (Å²) in [5, 5.41) is 12.5. The summed E-state index contributed by atoms with van der Waals surface area (Å²) >= 11 is 0. The number of ether oxygens (including phenoxy) is 2. The molecule has 5 heteroatoms. The van der Waals surface area contributed by atoms with E-state index in [1.807, 2.05) is 38.1 Å². The first-order valence-electron chi connectivity index (χ1n) is 9.22. The second-order valence-corrected chi connectivity index (χ2v) is 6.77. The molecule has 140 valence electrons. The molecule has 0 saturated carbocycles. The molecule has 5 nitrogen and oxygen atoms in total. The van der Waals surface area contributed by atoms with Crippen LogP contribution in [0.15, 0.2) is 42.5 Å². The second kappa shape index (κ2) is 8.24. The molecule has 0 bridgehead atoms. The summed E-state index contributed by atoms with van der Waals surface area (Å²) in [6.45, 7) is 5.51. The number of hydrogen-bond donors (Lipinski definition) is 1. The Bertz CT molecular complexity index is 847. The van der Waals surface area contributed by atoms with Crippen LogP contribution in [0.5, 0.6) is 5.75 Å². The molecule has 0 radical (unpaired) electrons. The smallest absolute Gasteiger partial charge is 0.235 e. The van der Waals surface area contributed by atoms with Gasteiger partial charge in [-0.25, -0.2) is 0 Å². The molecule has 1 amide bonds. The first-order chi connectivity index (χ1) is 13.1. The Balaban J connectivity index is 1.92. The molecule has 2 aromatic carbocycles. The van der Waals surface area contributed by atoms with Crippen molar-refractivity contribution in [3.63, 3.8) is 0 Å². The van der Waals surface area contributed by atoms with Gasteiger partial charge in [-0.3, -0.25) is 4.79 Å². The van der Waals surface area contributed by atoms with Crippen LogP contribution in [-0.2, 0) is 14.9 Å².